The van der Waals surface area contributed by atoms with Crippen molar-refractivity contribution in [2.24, 2.45) is 5.92 Å². The Morgan fingerprint density at radius 1 is 0.867 bits per heavy atom. The van der Waals surface area contributed by atoms with E-state index in [0.29, 0.717) is 23.7 Å². The molecule has 2 aromatic rings. The van der Waals surface area contributed by atoms with Gasteiger partial charge in [-0.3, -0.25) is 0 Å². The number of carbonyl (C=O) groups is 2. The Hall–Kier alpha value is -2.70. The molecule has 0 amide bonds. The van der Waals surface area contributed by atoms with E-state index in [1.165, 1.54) is 0 Å². The van der Waals surface area contributed by atoms with Crippen molar-refractivity contribution < 1.29 is 28.9 Å². The normalized spacial score (nSPS) is 12.3. The Kier molecular flexibility index (Phi) is 11.4. The smallest absolute Gasteiger partial charge is 0.338 e. The van der Waals surface area contributed by atoms with Gasteiger partial charge in [0.05, 0.1) is 17.2 Å². The largest absolute Gasteiger partial charge is 0.478 e. The minimum atomic E-state index is -0.875. The van der Waals surface area contributed by atoms with Crippen molar-refractivity contribution >= 4 is 11.9 Å². The quantitative estimate of drug-likeness (QED) is 0.605. The maximum atomic E-state index is 11.9. The number of esters is 1. The van der Waals surface area contributed by atoms with Crippen LogP contribution >= 0.6 is 0 Å². The molecule has 0 heterocycles. The fourth-order valence-corrected chi connectivity index (χ4v) is 2.67. The summed E-state index contributed by atoms with van der Waals surface area (Å²) in [5.74, 6) is -0.825. The van der Waals surface area contributed by atoms with Gasteiger partial charge in [-0.1, -0.05) is 42.3 Å². The van der Waals surface area contributed by atoms with Crippen LogP contribution in [0.2, 0.25) is 0 Å². The molecule has 0 aliphatic rings. The summed E-state index contributed by atoms with van der Waals surface area (Å²) in [7, 11) is 3.31. The second-order valence-electron chi connectivity index (χ2n) is 7.29. The molecule has 30 heavy (non-hydrogen) atoms. The third-order valence-electron chi connectivity index (χ3n) is 4.44. The summed E-state index contributed by atoms with van der Waals surface area (Å²) in [5, 5.41) is 8.48. The van der Waals surface area contributed by atoms with Crippen LogP contribution in [0, 0.1) is 19.8 Å². The Bertz CT molecular complexity index is 767. The van der Waals surface area contributed by atoms with Crippen molar-refractivity contribution in [2.45, 2.75) is 33.3 Å². The highest BCUT2D eigenvalue weighted by Crippen LogP contribution is 2.11. The molecule has 0 fully saturated rings. The van der Waals surface area contributed by atoms with Gasteiger partial charge < -0.3 is 19.3 Å². The molecule has 0 aliphatic carbocycles. The summed E-state index contributed by atoms with van der Waals surface area (Å²) in [4.78, 5) is 22.2. The van der Waals surface area contributed by atoms with Gasteiger partial charge in [-0.05, 0) is 50.5 Å². The zero-order valence-corrected chi connectivity index (χ0v) is 18.4. The van der Waals surface area contributed by atoms with Gasteiger partial charge in [-0.15, -0.1) is 0 Å². The van der Waals surface area contributed by atoms with Crippen molar-refractivity contribution in [1.29, 1.82) is 0 Å². The summed E-state index contributed by atoms with van der Waals surface area (Å²) in [6.07, 6.45) is 0.695. The van der Waals surface area contributed by atoms with Crippen LogP contribution in [0.15, 0.2) is 48.5 Å². The van der Waals surface area contributed by atoms with Crippen molar-refractivity contribution in [3.05, 3.63) is 70.8 Å². The van der Waals surface area contributed by atoms with Gasteiger partial charge in [0.1, 0.15) is 6.61 Å². The van der Waals surface area contributed by atoms with Gasteiger partial charge in [0, 0.05) is 20.8 Å². The van der Waals surface area contributed by atoms with Gasteiger partial charge >= 0.3 is 11.9 Å². The predicted octanol–water partition coefficient (Wildman–Crippen LogP) is 4.53. The van der Waals surface area contributed by atoms with Crippen molar-refractivity contribution in [1.82, 2.24) is 0 Å². The summed E-state index contributed by atoms with van der Waals surface area (Å²) < 4.78 is 15.7. The lowest BCUT2D eigenvalue weighted by Gasteiger charge is -2.19. The molecule has 6 nitrogen and oxygen atoms in total. The topological polar surface area (TPSA) is 82.1 Å². The summed E-state index contributed by atoms with van der Waals surface area (Å²) in [6, 6.07) is 14.1. The molecule has 164 valence electrons. The fourth-order valence-electron chi connectivity index (χ4n) is 2.67. The summed E-state index contributed by atoms with van der Waals surface area (Å²) >= 11 is 0. The molecule has 0 saturated heterocycles. The zero-order chi connectivity index (χ0) is 22.5. The minimum Gasteiger partial charge on any atom is -0.478 e. The van der Waals surface area contributed by atoms with E-state index >= 15 is 0 Å². The predicted molar refractivity (Wildman–Crippen MR) is 116 cm³/mol. The first-order valence-electron chi connectivity index (χ1n) is 9.82. The molecule has 0 spiro atoms. The monoisotopic (exact) mass is 416 g/mol. The van der Waals surface area contributed by atoms with Crippen LogP contribution in [0.1, 0.15) is 45.2 Å². The number of carboxylic acids is 1. The Balaban J connectivity index is 0.000000375. The van der Waals surface area contributed by atoms with Crippen LogP contribution in [0.3, 0.4) is 0 Å². The zero-order valence-electron chi connectivity index (χ0n) is 18.4. The van der Waals surface area contributed by atoms with E-state index in [0.717, 1.165) is 17.5 Å². The molecular formula is C24H32O6. The first-order chi connectivity index (χ1) is 14.3. The Morgan fingerprint density at radius 2 is 1.37 bits per heavy atom. The number of carbonyl (C=O) groups excluding carboxylic acids is 1. The average Bonchev–Trinajstić information content (AvgIpc) is 2.72. The molecule has 2 atom stereocenters. The van der Waals surface area contributed by atoms with Crippen molar-refractivity contribution in [3.8, 4) is 0 Å². The first kappa shape index (κ1) is 25.3. The Morgan fingerprint density at radius 3 is 1.80 bits per heavy atom. The lowest BCUT2D eigenvalue weighted by molar-refractivity contribution is -0.00172. The number of aryl methyl sites for hydroxylation is 2. The number of methoxy groups -OCH3 is 2. The number of ether oxygens (including phenoxy) is 3. The van der Waals surface area contributed by atoms with E-state index in [1.54, 1.807) is 50.6 Å². The number of carboxylic acid groups (broad SMARTS) is 1. The second kappa shape index (κ2) is 13.5. The highest BCUT2D eigenvalue weighted by Gasteiger charge is 2.16. The van der Waals surface area contributed by atoms with Crippen LogP contribution in [-0.4, -0.2) is 50.6 Å². The molecule has 0 bridgehead atoms. The van der Waals surface area contributed by atoms with Gasteiger partial charge in [0.15, 0.2) is 0 Å². The van der Waals surface area contributed by atoms with Crippen LogP contribution in [0.4, 0.5) is 0 Å². The highest BCUT2D eigenvalue weighted by atomic mass is 16.6. The molecule has 0 saturated carbocycles. The molecule has 1 N–H and O–H groups in total. The maximum absolute atomic E-state index is 11.9. The molecule has 2 rings (SSSR count). The average molecular weight is 417 g/mol. The Labute approximate surface area is 178 Å². The van der Waals surface area contributed by atoms with Gasteiger partial charge in [0.2, 0.25) is 0 Å². The molecule has 0 radical (unpaired) electrons. The third kappa shape index (κ3) is 9.67. The maximum Gasteiger partial charge on any atom is 0.338 e. The molecule has 2 aromatic carbocycles. The molecule has 0 aromatic heterocycles. The van der Waals surface area contributed by atoms with Gasteiger partial charge in [0.25, 0.3) is 0 Å². The van der Waals surface area contributed by atoms with Gasteiger partial charge in [-0.2, -0.15) is 0 Å². The van der Waals surface area contributed by atoms with E-state index < -0.39 is 5.97 Å². The van der Waals surface area contributed by atoms with Crippen molar-refractivity contribution in [3.63, 3.8) is 0 Å². The van der Waals surface area contributed by atoms with Gasteiger partial charge in [-0.25, -0.2) is 9.59 Å². The molecule has 0 aliphatic heterocycles. The second-order valence-corrected chi connectivity index (χ2v) is 7.29. The number of aromatic carboxylic acids is 1. The molecular weight excluding hydrogens is 384 g/mol. The van der Waals surface area contributed by atoms with Crippen LogP contribution in [0.5, 0.6) is 0 Å². The summed E-state index contributed by atoms with van der Waals surface area (Å²) in [6.45, 7) is 6.92. The lowest BCUT2D eigenvalue weighted by Crippen LogP contribution is -2.24. The molecule has 6 heteroatoms. The first-order valence-corrected chi connectivity index (χ1v) is 9.82. The van der Waals surface area contributed by atoms with E-state index in [2.05, 4.69) is 6.92 Å². The van der Waals surface area contributed by atoms with E-state index in [-0.39, 0.29) is 18.7 Å². The molecule has 1 unspecified atom stereocenters. The minimum absolute atomic E-state index is 0.102. The fraction of sp³-hybridized carbons (Fsp3) is 0.417. The van der Waals surface area contributed by atoms with E-state index in [1.807, 2.05) is 26.0 Å². The standard InChI is InChI=1S/C16H24O4.C8H8O2/c1-12-5-7-14(8-6-12)16(17)20-11-15(19-4)9-13(2)10-18-3;1-6-2-4-7(5-3-6)8(9)10/h5-8,13,15H,9-11H2,1-4H3;2-5H,1H3,(H,9,10)/t13-,15?;/m0./s1. The van der Waals surface area contributed by atoms with E-state index in [4.69, 9.17) is 19.3 Å². The number of rotatable bonds is 9. The number of hydrogen-bond donors (Lipinski definition) is 1. The highest BCUT2D eigenvalue weighted by molar-refractivity contribution is 5.89. The SMILES string of the molecule is COC[C@@H](C)CC(COC(=O)c1ccc(C)cc1)OC.Cc1ccc(C(=O)O)cc1. The van der Waals surface area contributed by atoms with Crippen molar-refractivity contribution in [2.75, 3.05) is 27.4 Å². The number of hydrogen-bond acceptors (Lipinski definition) is 5. The van der Waals surface area contributed by atoms with Crippen LogP contribution in [-0.2, 0) is 14.2 Å². The number of benzene rings is 2. The van der Waals surface area contributed by atoms with Crippen LogP contribution < -0.4 is 0 Å². The van der Waals surface area contributed by atoms with E-state index in [9.17, 15) is 9.59 Å². The lowest BCUT2D eigenvalue weighted by atomic mass is 10.1. The third-order valence-corrected chi connectivity index (χ3v) is 4.44. The summed E-state index contributed by atoms with van der Waals surface area (Å²) in [5.41, 5.74) is 3.09. The van der Waals surface area contributed by atoms with Crippen LogP contribution in [0.25, 0.3) is 0 Å².